The zero-order valence-electron chi connectivity index (χ0n) is 31.6. The van der Waals surface area contributed by atoms with Crippen LogP contribution in [0, 0.1) is 17.3 Å². The first-order chi connectivity index (χ1) is 24.8. The zero-order valence-corrected chi connectivity index (χ0v) is 31.6. The summed E-state index contributed by atoms with van der Waals surface area (Å²) in [5.74, 6) is -2.01. The monoisotopic (exact) mass is 729 g/mol. The number of carbonyl (C=O) groups is 5. The minimum atomic E-state index is -1.21. The molecular weight excluding hydrogens is 666 g/mol. The van der Waals surface area contributed by atoms with E-state index in [1.165, 1.54) is 0 Å². The average Bonchev–Trinajstić information content (AvgIpc) is 3.58. The molecule has 2 heterocycles. The summed E-state index contributed by atoms with van der Waals surface area (Å²) in [6.45, 7) is 9.52. The number of nitrogens with one attached hydrogen (secondary N) is 4. The van der Waals surface area contributed by atoms with Gasteiger partial charge in [0.2, 0.25) is 29.5 Å². The van der Waals surface area contributed by atoms with Crippen LogP contribution in [0.3, 0.4) is 0 Å². The maximum atomic E-state index is 14.3. The van der Waals surface area contributed by atoms with Crippen LogP contribution in [-0.2, 0) is 33.4 Å². The molecule has 292 valence electrons. The van der Waals surface area contributed by atoms with Crippen LogP contribution < -0.4 is 32.7 Å². The normalized spacial score (nSPS) is 28.4. The second-order valence-corrected chi connectivity index (χ2v) is 15.9. The Bertz CT molecular complexity index is 1310. The van der Waals surface area contributed by atoms with Crippen LogP contribution in [0.1, 0.15) is 98.3 Å². The molecule has 2 bridgehead atoms. The average molecular weight is 730 g/mol. The lowest BCUT2D eigenvalue weighted by Gasteiger charge is -2.34. The van der Waals surface area contributed by atoms with Gasteiger partial charge in [0.05, 0.1) is 25.4 Å². The van der Waals surface area contributed by atoms with Gasteiger partial charge in [-0.3, -0.25) is 28.9 Å². The number of nitrogens with zero attached hydrogens (tertiary/aromatic N) is 1. The molecule has 0 aromatic rings. The molecule has 0 radical (unpaired) electrons. The molecule has 4 aliphatic rings. The fourth-order valence-electron chi connectivity index (χ4n) is 7.70. The van der Waals surface area contributed by atoms with E-state index >= 15 is 0 Å². The Balaban J connectivity index is 1.62. The van der Waals surface area contributed by atoms with Crippen LogP contribution in [-0.4, -0.2) is 104 Å². The number of amides is 5. The van der Waals surface area contributed by atoms with Gasteiger partial charge in [-0.25, -0.2) is 0 Å². The molecule has 1 saturated carbocycles. The highest BCUT2D eigenvalue weighted by molar-refractivity contribution is 5.96. The summed E-state index contributed by atoms with van der Waals surface area (Å²) in [5.41, 5.74) is 10.7. The maximum absolute atomic E-state index is 14.3. The fraction of sp³-hybridized carbons (Fsp3) is 0.763. The van der Waals surface area contributed by atoms with Crippen molar-refractivity contribution in [1.29, 1.82) is 0 Å². The van der Waals surface area contributed by atoms with Gasteiger partial charge in [0, 0.05) is 5.92 Å². The Morgan fingerprint density at radius 3 is 2.40 bits per heavy atom. The maximum Gasteiger partial charge on any atom is 0.245 e. The summed E-state index contributed by atoms with van der Waals surface area (Å²) >= 11 is 0. The number of carbonyl (C=O) groups excluding carboxylic acids is 5. The van der Waals surface area contributed by atoms with Crippen LogP contribution >= 0.6 is 0 Å². The molecule has 0 aromatic carbocycles. The first-order valence-electron chi connectivity index (χ1n) is 19.4. The van der Waals surface area contributed by atoms with Crippen molar-refractivity contribution in [3.05, 3.63) is 24.0 Å². The number of allylic oxidation sites excluding steroid dienone is 2. The third-order valence-corrected chi connectivity index (χ3v) is 10.8. The Morgan fingerprint density at radius 1 is 0.981 bits per heavy atom. The summed E-state index contributed by atoms with van der Waals surface area (Å²) in [5, 5.41) is 11.5. The van der Waals surface area contributed by atoms with E-state index in [9.17, 15) is 24.0 Å². The zero-order chi connectivity index (χ0) is 37.8. The van der Waals surface area contributed by atoms with Crippen LogP contribution in [0.25, 0.3) is 0 Å². The molecule has 0 aromatic heterocycles. The Hall–Kier alpha value is -3.49. The van der Waals surface area contributed by atoms with Gasteiger partial charge in [0.1, 0.15) is 29.9 Å². The number of ether oxygens (including phenoxy) is 2. The number of hydrogen-bond acceptors (Lipinski definition) is 9. The topological polar surface area (TPSA) is 207 Å². The predicted octanol–water partition coefficient (Wildman–Crippen LogP) is 1.53. The van der Waals surface area contributed by atoms with Crippen LogP contribution in [0.2, 0.25) is 0 Å². The standard InChI is InChI=1S/C38H63N7O7/c1-24-29-17-10-18-30(24)52-23-27(35(48)41-26(15-11-19-39)34(47)44-32(33(40)46)38(2,3)4)42-37(50)31(25-13-6-5-7-14-25)43-36(49)28-16-12-21-45(28)20-8-9-22-51-29/h10,17-18,24-28,30-32H,5-9,11-16,19-23,39H2,1-4H3,(H2,40,46)(H,41,48)(H,42,50)(H,43,49)(H,44,47)/t24?,26-,27-,28-,30?,31-,32+/m0/s1. The molecule has 5 amide bonds. The summed E-state index contributed by atoms with van der Waals surface area (Å²) in [6.07, 6.45) is 13.7. The number of hydrogen-bond donors (Lipinski definition) is 6. The molecule has 4 rings (SSSR count). The SMILES string of the molecule is CC1C2=CC=CC1OC[C@@H](C(=O)N[C@@H](CCCN)C(=O)N[C@H](C(N)=O)C(C)(C)C)NC(=O)[C@H](C1CCCCC1)NC(=O)[C@@H]1CCCN1CCCCO2. The third-order valence-electron chi connectivity index (χ3n) is 10.8. The van der Waals surface area contributed by atoms with Gasteiger partial charge in [0.25, 0.3) is 0 Å². The van der Waals surface area contributed by atoms with Gasteiger partial charge in [-0.05, 0) is 88.4 Å². The van der Waals surface area contributed by atoms with Gasteiger partial charge in [-0.15, -0.1) is 0 Å². The predicted molar refractivity (Wildman–Crippen MR) is 197 cm³/mol. The molecule has 2 unspecified atom stereocenters. The number of rotatable bonds is 9. The molecular formula is C38H63N7O7. The second kappa shape index (κ2) is 19.5. The van der Waals surface area contributed by atoms with Crippen molar-refractivity contribution in [2.45, 2.75) is 135 Å². The third kappa shape index (κ3) is 11.5. The largest absolute Gasteiger partial charge is 0.498 e. The highest BCUT2D eigenvalue weighted by Crippen LogP contribution is 2.29. The molecule has 0 spiro atoms. The van der Waals surface area contributed by atoms with E-state index in [4.69, 9.17) is 20.9 Å². The van der Waals surface area contributed by atoms with Crippen molar-refractivity contribution >= 4 is 29.5 Å². The summed E-state index contributed by atoms with van der Waals surface area (Å²) < 4.78 is 12.5. The van der Waals surface area contributed by atoms with E-state index in [2.05, 4.69) is 26.2 Å². The van der Waals surface area contributed by atoms with E-state index in [-0.39, 0.29) is 43.4 Å². The van der Waals surface area contributed by atoms with Crippen molar-refractivity contribution in [1.82, 2.24) is 26.2 Å². The highest BCUT2D eigenvalue weighted by atomic mass is 16.5. The lowest BCUT2D eigenvalue weighted by atomic mass is 9.83. The molecule has 2 saturated heterocycles. The van der Waals surface area contributed by atoms with Gasteiger partial charge in [-0.1, -0.05) is 59.1 Å². The Kier molecular flexibility index (Phi) is 15.5. The smallest absolute Gasteiger partial charge is 0.245 e. The Morgan fingerprint density at radius 2 is 1.71 bits per heavy atom. The minimum absolute atomic E-state index is 0.0832. The minimum Gasteiger partial charge on any atom is -0.498 e. The van der Waals surface area contributed by atoms with Gasteiger partial charge in [0.15, 0.2) is 0 Å². The van der Waals surface area contributed by atoms with Crippen molar-refractivity contribution in [3.63, 3.8) is 0 Å². The number of primary amides is 1. The lowest BCUT2D eigenvalue weighted by Crippen LogP contribution is -2.61. The van der Waals surface area contributed by atoms with Crippen molar-refractivity contribution in [3.8, 4) is 0 Å². The van der Waals surface area contributed by atoms with E-state index in [0.29, 0.717) is 13.0 Å². The van der Waals surface area contributed by atoms with Crippen molar-refractivity contribution in [2.24, 2.45) is 28.7 Å². The first kappa shape index (κ1) is 41.3. The van der Waals surface area contributed by atoms with Crippen molar-refractivity contribution in [2.75, 3.05) is 32.8 Å². The molecule has 8 N–H and O–H groups in total. The summed E-state index contributed by atoms with van der Waals surface area (Å²) in [4.78, 5) is 70.3. The molecule has 2 aliphatic heterocycles. The van der Waals surface area contributed by atoms with Gasteiger partial charge in [-0.2, -0.15) is 0 Å². The quantitative estimate of drug-likeness (QED) is 0.203. The van der Waals surface area contributed by atoms with Crippen LogP contribution in [0.15, 0.2) is 24.0 Å². The van der Waals surface area contributed by atoms with E-state index in [0.717, 1.165) is 76.6 Å². The lowest BCUT2D eigenvalue weighted by molar-refractivity contribution is -0.137. The fourth-order valence-corrected chi connectivity index (χ4v) is 7.70. The van der Waals surface area contributed by atoms with Gasteiger partial charge >= 0.3 is 0 Å². The molecule has 14 heteroatoms. The molecule has 2 aliphatic carbocycles. The van der Waals surface area contributed by atoms with Gasteiger partial charge < -0.3 is 42.2 Å². The summed E-state index contributed by atoms with van der Waals surface area (Å²) in [6, 6.07) is -4.43. The second-order valence-electron chi connectivity index (χ2n) is 15.9. The van der Waals surface area contributed by atoms with E-state index in [1.54, 1.807) is 20.8 Å². The van der Waals surface area contributed by atoms with Crippen LogP contribution in [0.4, 0.5) is 0 Å². The highest BCUT2D eigenvalue weighted by Gasteiger charge is 2.39. The van der Waals surface area contributed by atoms with Crippen molar-refractivity contribution < 1.29 is 33.4 Å². The summed E-state index contributed by atoms with van der Waals surface area (Å²) in [7, 11) is 0. The van der Waals surface area contributed by atoms with E-state index < -0.39 is 59.3 Å². The number of fused-ring (bicyclic) bond motifs is 3. The number of nitrogens with two attached hydrogens (primary N) is 2. The molecule has 14 nitrogen and oxygen atoms in total. The van der Waals surface area contributed by atoms with E-state index in [1.807, 2.05) is 25.2 Å². The molecule has 7 atom stereocenters. The molecule has 52 heavy (non-hydrogen) atoms. The molecule has 3 fully saturated rings. The first-order valence-corrected chi connectivity index (χ1v) is 19.4. The Labute approximate surface area is 309 Å². The van der Waals surface area contributed by atoms with Crippen LogP contribution in [0.5, 0.6) is 0 Å².